The first-order valence-corrected chi connectivity index (χ1v) is 10.3. The number of aromatic nitrogens is 2. The summed E-state index contributed by atoms with van der Waals surface area (Å²) in [5.41, 5.74) is 2.39. The van der Waals surface area contributed by atoms with Crippen LogP contribution in [0.4, 0.5) is 4.79 Å². The first kappa shape index (κ1) is 19.9. The molecule has 1 unspecified atom stereocenters. The molecule has 1 saturated heterocycles. The number of carbonyl (C=O) groups is 1. The summed E-state index contributed by atoms with van der Waals surface area (Å²) >= 11 is 0. The van der Waals surface area contributed by atoms with E-state index in [1.807, 2.05) is 54.3 Å². The van der Waals surface area contributed by atoms with Crippen LogP contribution >= 0.6 is 0 Å². The molecule has 2 heterocycles. The number of hydrogen-bond donors (Lipinski definition) is 1. The van der Waals surface area contributed by atoms with Crippen molar-refractivity contribution in [2.24, 2.45) is 0 Å². The smallest absolute Gasteiger partial charge is 0.317 e. The Morgan fingerprint density at radius 3 is 2.80 bits per heavy atom. The maximum atomic E-state index is 12.4. The van der Waals surface area contributed by atoms with Gasteiger partial charge in [-0.05, 0) is 37.5 Å². The minimum Gasteiger partial charge on any atom is -0.484 e. The zero-order chi connectivity index (χ0) is 20.8. The highest BCUT2D eigenvalue weighted by molar-refractivity contribution is 5.74. The maximum Gasteiger partial charge on any atom is 0.317 e. The molecule has 156 valence electrons. The molecule has 2 aromatic carbocycles. The normalized spacial score (nSPS) is 15.9. The maximum absolute atomic E-state index is 12.4. The number of rotatable bonds is 7. The SMILES string of the molecule is Cc1ccc(OCc2nc(C3CCN(C(=O)NCCc4ccccc4)C3)no2)cc1. The second-order valence-corrected chi connectivity index (χ2v) is 7.55. The van der Waals surface area contributed by atoms with Crippen molar-refractivity contribution in [1.82, 2.24) is 20.4 Å². The third kappa shape index (κ3) is 5.17. The fourth-order valence-electron chi connectivity index (χ4n) is 3.50. The molecule has 0 aliphatic carbocycles. The molecule has 0 radical (unpaired) electrons. The zero-order valence-corrected chi connectivity index (χ0v) is 17.1. The highest BCUT2D eigenvalue weighted by Gasteiger charge is 2.30. The number of carbonyl (C=O) groups excluding carboxylic acids is 1. The van der Waals surface area contributed by atoms with Gasteiger partial charge in [0.1, 0.15) is 5.75 Å². The van der Waals surface area contributed by atoms with Crippen molar-refractivity contribution in [2.45, 2.75) is 32.3 Å². The lowest BCUT2D eigenvalue weighted by Crippen LogP contribution is -2.39. The van der Waals surface area contributed by atoms with Crippen molar-refractivity contribution in [3.8, 4) is 5.75 Å². The van der Waals surface area contributed by atoms with E-state index in [0.29, 0.717) is 31.3 Å². The number of benzene rings is 2. The summed E-state index contributed by atoms with van der Waals surface area (Å²) in [4.78, 5) is 18.7. The molecule has 0 bridgehead atoms. The largest absolute Gasteiger partial charge is 0.484 e. The van der Waals surface area contributed by atoms with Crippen LogP contribution in [0.5, 0.6) is 5.75 Å². The lowest BCUT2D eigenvalue weighted by atomic mass is 10.1. The molecule has 2 amide bonds. The summed E-state index contributed by atoms with van der Waals surface area (Å²) in [5.74, 6) is 1.93. The van der Waals surface area contributed by atoms with Crippen LogP contribution in [-0.4, -0.2) is 40.7 Å². The first-order valence-electron chi connectivity index (χ1n) is 10.3. The molecule has 7 heteroatoms. The predicted octanol–water partition coefficient (Wildman–Crippen LogP) is 3.70. The monoisotopic (exact) mass is 406 g/mol. The summed E-state index contributed by atoms with van der Waals surface area (Å²) in [7, 11) is 0. The van der Waals surface area contributed by atoms with Gasteiger partial charge in [0.05, 0.1) is 0 Å². The molecule has 1 fully saturated rings. The van der Waals surface area contributed by atoms with Gasteiger partial charge in [0.15, 0.2) is 12.4 Å². The van der Waals surface area contributed by atoms with Crippen LogP contribution in [0.15, 0.2) is 59.1 Å². The molecule has 0 saturated carbocycles. The fourth-order valence-corrected chi connectivity index (χ4v) is 3.50. The van der Waals surface area contributed by atoms with E-state index in [9.17, 15) is 4.79 Å². The molecule has 1 aromatic heterocycles. The van der Waals surface area contributed by atoms with Crippen LogP contribution in [0.1, 0.15) is 35.2 Å². The molecule has 30 heavy (non-hydrogen) atoms. The third-order valence-corrected chi connectivity index (χ3v) is 5.24. The van der Waals surface area contributed by atoms with Crippen LogP contribution in [0.25, 0.3) is 0 Å². The minimum atomic E-state index is -0.0418. The highest BCUT2D eigenvalue weighted by Crippen LogP contribution is 2.25. The van der Waals surface area contributed by atoms with Crippen LogP contribution < -0.4 is 10.1 Å². The Balaban J connectivity index is 1.23. The van der Waals surface area contributed by atoms with E-state index in [1.54, 1.807) is 0 Å². The van der Waals surface area contributed by atoms with Gasteiger partial charge in [0.25, 0.3) is 5.89 Å². The standard InChI is InChI=1S/C23H26N4O3/c1-17-7-9-20(10-8-17)29-16-21-25-22(26-30-21)19-12-14-27(15-19)23(28)24-13-11-18-5-3-2-4-6-18/h2-10,19H,11-16H2,1H3,(H,24,28). The van der Waals surface area contributed by atoms with Crippen molar-refractivity contribution >= 4 is 6.03 Å². The van der Waals surface area contributed by atoms with Crippen molar-refractivity contribution in [3.05, 3.63) is 77.4 Å². The molecule has 1 N–H and O–H groups in total. The summed E-state index contributed by atoms with van der Waals surface area (Å²) in [6.45, 7) is 4.15. The van der Waals surface area contributed by atoms with Crippen molar-refractivity contribution in [2.75, 3.05) is 19.6 Å². The lowest BCUT2D eigenvalue weighted by Gasteiger charge is -2.16. The summed E-state index contributed by atoms with van der Waals surface area (Å²) in [6, 6.07) is 17.9. The Kier molecular flexibility index (Phi) is 6.27. The van der Waals surface area contributed by atoms with E-state index in [1.165, 1.54) is 11.1 Å². The van der Waals surface area contributed by atoms with Gasteiger partial charge in [-0.1, -0.05) is 53.2 Å². The number of aryl methyl sites for hydroxylation is 1. The van der Waals surface area contributed by atoms with Crippen LogP contribution in [0, 0.1) is 6.92 Å². The van der Waals surface area contributed by atoms with E-state index in [2.05, 4.69) is 27.6 Å². The molecule has 1 aliphatic rings. The molecular weight excluding hydrogens is 380 g/mol. The number of urea groups is 1. The van der Waals surface area contributed by atoms with Gasteiger partial charge in [-0.3, -0.25) is 0 Å². The lowest BCUT2D eigenvalue weighted by molar-refractivity contribution is 0.208. The Labute approximate surface area is 176 Å². The van der Waals surface area contributed by atoms with Crippen molar-refractivity contribution in [3.63, 3.8) is 0 Å². The average Bonchev–Trinajstić information content (AvgIpc) is 3.44. The number of amides is 2. The Morgan fingerprint density at radius 2 is 2.00 bits per heavy atom. The van der Waals surface area contributed by atoms with E-state index in [0.717, 1.165) is 18.6 Å². The summed E-state index contributed by atoms with van der Waals surface area (Å²) in [5, 5.41) is 7.09. The van der Waals surface area contributed by atoms with E-state index >= 15 is 0 Å². The highest BCUT2D eigenvalue weighted by atomic mass is 16.5. The number of ether oxygens (including phenoxy) is 1. The zero-order valence-electron chi connectivity index (χ0n) is 17.1. The average molecular weight is 406 g/mol. The molecule has 7 nitrogen and oxygen atoms in total. The topological polar surface area (TPSA) is 80.5 Å². The quantitative estimate of drug-likeness (QED) is 0.647. The second-order valence-electron chi connectivity index (χ2n) is 7.55. The van der Waals surface area contributed by atoms with Crippen molar-refractivity contribution < 1.29 is 14.1 Å². The van der Waals surface area contributed by atoms with Crippen LogP contribution in [0.2, 0.25) is 0 Å². The molecule has 4 rings (SSSR count). The first-order chi connectivity index (χ1) is 14.7. The van der Waals surface area contributed by atoms with Gasteiger partial charge in [0, 0.05) is 25.6 Å². The molecular formula is C23H26N4O3. The van der Waals surface area contributed by atoms with Gasteiger partial charge in [0.2, 0.25) is 0 Å². The van der Waals surface area contributed by atoms with Gasteiger partial charge in [-0.25, -0.2) is 4.79 Å². The number of likely N-dealkylation sites (tertiary alicyclic amines) is 1. The fraction of sp³-hybridized carbons (Fsp3) is 0.348. The van der Waals surface area contributed by atoms with E-state index < -0.39 is 0 Å². The summed E-state index contributed by atoms with van der Waals surface area (Å²) in [6.07, 6.45) is 1.64. The second kappa shape index (κ2) is 9.43. The third-order valence-electron chi connectivity index (χ3n) is 5.24. The van der Waals surface area contributed by atoms with Crippen molar-refractivity contribution in [1.29, 1.82) is 0 Å². The Hall–Kier alpha value is -3.35. The van der Waals surface area contributed by atoms with Crippen LogP contribution in [-0.2, 0) is 13.0 Å². The van der Waals surface area contributed by atoms with Crippen LogP contribution in [0.3, 0.4) is 0 Å². The predicted molar refractivity (Wildman–Crippen MR) is 112 cm³/mol. The minimum absolute atomic E-state index is 0.0418. The van der Waals surface area contributed by atoms with Gasteiger partial charge >= 0.3 is 6.03 Å². The molecule has 1 aliphatic heterocycles. The molecule has 1 atom stereocenters. The van der Waals surface area contributed by atoms with E-state index in [4.69, 9.17) is 9.26 Å². The van der Waals surface area contributed by atoms with Gasteiger partial charge < -0.3 is 19.5 Å². The molecule has 3 aromatic rings. The number of nitrogens with zero attached hydrogens (tertiary/aromatic N) is 3. The Bertz CT molecular complexity index is 956. The number of nitrogens with one attached hydrogen (secondary N) is 1. The van der Waals surface area contributed by atoms with Gasteiger partial charge in [-0.15, -0.1) is 0 Å². The van der Waals surface area contributed by atoms with Gasteiger partial charge in [-0.2, -0.15) is 4.98 Å². The summed E-state index contributed by atoms with van der Waals surface area (Å²) < 4.78 is 11.0. The Morgan fingerprint density at radius 1 is 1.20 bits per heavy atom. The van der Waals surface area contributed by atoms with E-state index in [-0.39, 0.29) is 18.6 Å². The number of hydrogen-bond acceptors (Lipinski definition) is 5. The molecule has 0 spiro atoms.